The summed E-state index contributed by atoms with van der Waals surface area (Å²) in [6, 6.07) is 12.0. The molecule has 0 unspecified atom stereocenters. The first-order chi connectivity index (χ1) is 14.5. The molecule has 1 aliphatic rings. The van der Waals surface area contributed by atoms with Gasteiger partial charge in [-0.15, -0.1) is 11.3 Å². The fourth-order valence-electron chi connectivity index (χ4n) is 3.29. The van der Waals surface area contributed by atoms with E-state index < -0.39 is 0 Å². The van der Waals surface area contributed by atoms with Crippen LogP contribution in [-0.2, 0) is 11.2 Å². The Kier molecular flexibility index (Phi) is 6.02. The smallest absolute Gasteiger partial charge is 0.244 e. The largest absolute Gasteiger partial charge is 0.486 e. The van der Waals surface area contributed by atoms with Gasteiger partial charge in [0, 0.05) is 40.2 Å². The summed E-state index contributed by atoms with van der Waals surface area (Å²) in [5, 5.41) is 3.48. The van der Waals surface area contributed by atoms with E-state index in [2.05, 4.69) is 35.1 Å². The summed E-state index contributed by atoms with van der Waals surface area (Å²) in [5.74, 6) is 0.540. The Morgan fingerprint density at radius 1 is 1.40 bits per heavy atom. The van der Waals surface area contributed by atoms with Crippen LogP contribution in [0.1, 0.15) is 22.9 Å². The van der Waals surface area contributed by atoms with E-state index >= 15 is 0 Å². The first-order valence-electron chi connectivity index (χ1n) is 9.60. The van der Waals surface area contributed by atoms with Crippen LogP contribution < -0.4 is 10.1 Å². The average molecular weight is 437 g/mol. The SMILES string of the molecule is C=C(C)c1ccc(-c2cc(Cl)c3c(c2)C[C@H](CNC(=O)/C=C/c2cccnc2)O3)s1. The van der Waals surface area contributed by atoms with Crippen molar-refractivity contribution in [2.24, 2.45) is 0 Å². The maximum atomic E-state index is 12.1. The Balaban J connectivity index is 1.39. The van der Waals surface area contributed by atoms with Gasteiger partial charge in [0.25, 0.3) is 0 Å². The highest BCUT2D eigenvalue weighted by atomic mass is 35.5. The lowest BCUT2D eigenvalue weighted by molar-refractivity contribution is -0.116. The molecule has 0 saturated carbocycles. The predicted octanol–water partition coefficient (Wildman–Crippen LogP) is 5.63. The van der Waals surface area contributed by atoms with Crippen molar-refractivity contribution in [3.8, 4) is 16.2 Å². The molecular weight excluding hydrogens is 416 g/mol. The molecule has 2 aromatic heterocycles. The Morgan fingerprint density at radius 2 is 2.27 bits per heavy atom. The number of pyridine rings is 1. The fourth-order valence-corrected chi connectivity index (χ4v) is 4.49. The first kappa shape index (κ1) is 20.4. The number of aromatic nitrogens is 1. The fraction of sp³-hybridized carbons (Fsp3) is 0.167. The van der Waals surface area contributed by atoms with Crippen molar-refractivity contribution in [1.29, 1.82) is 0 Å². The number of thiophene rings is 1. The van der Waals surface area contributed by atoms with Crippen molar-refractivity contribution in [1.82, 2.24) is 10.3 Å². The molecule has 4 rings (SSSR count). The van der Waals surface area contributed by atoms with Gasteiger partial charge in [-0.2, -0.15) is 0 Å². The number of hydrogen-bond acceptors (Lipinski definition) is 4. The van der Waals surface area contributed by atoms with Crippen LogP contribution in [0.25, 0.3) is 22.1 Å². The molecule has 6 heteroatoms. The van der Waals surface area contributed by atoms with Crippen molar-refractivity contribution in [2.75, 3.05) is 6.54 Å². The minimum atomic E-state index is -0.170. The van der Waals surface area contributed by atoms with Crippen molar-refractivity contribution < 1.29 is 9.53 Å². The van der Waals surface area contributed by atoms with E-state index in [4.69, 9.17) is 16.3 Å². The van der Waals surface area contributed by atoms with Crippen LogP contribution in [0, 0.1) is 0 Å². The number of fused-ring (bicyclic) bond motifs is 1. The zero-order chi connectivity index (χ0) is 21.1. The summed E-state index contributed by atoms with van der Waals surface area (Å²) in [6.45, 7) is 6.42. The molecule has 30 heavy (non-hydrogen) atoms. The Hall–Kier alpha value is -2.89. The number of allylic oxidation sites excluding steroid dienone is 1. The van der Waals surface area contributed by atoms with Gasteiger partial charge in [-0.1, -0.05) is 24.2 Å². The van der Waals surface area contributed by atoms with Crippen LogP contribution in [0.2, 0.25) is 5.02 Å². The number of nitrogens with zero attached hydrogens (tertiary/aromatic N) is 1. The molecule has 1 amide bonds. The van der Waals surface area contributed by atoms with E-state index in [9.17, 15) is 4.79 Å². The van der Waals surface area contributed by atoms with Gasteiger partial charge in [-0.3, -0.25) is 9.78 Å². The molecule has 1 N–H and O–H groups in total. The summed E-state index contributed by atoms with van der Waals surface area (Å²) in [5.41, 5.74) is 4.06. The van der Waals surface area contributed by atoms with Crippen LogP contribution >= 0.6 is 22.9 Å². The highest BCUT2D eigenvalue weighted by Gasteiger charge is 2.26. The maximum absolute atomic E-state index is 12.1. The molecular formula is C24H21ClN2O2S. The van der Waals surface area contributed by atoms with E-state index in [1.165, 1.54) is 6.08 Å². The second-order valence-corrected chi connectivity index (χ2v) is 8.69. The number of rotatable bonds is 6. The molecule has 0 spiro atoms. The minimum Gasteiger partial charge on any atom is -0.486 e. The highest BCUT2D eigenvalue weighted by molar-refractivity contribution is 7.16. The summed E-state index contributed by atoms with van der Waals surface area (Å²) < 4.78 is 5.99. The summed E-state index contributed by atoms with van der Waals surface area (Å²) >= 11 is 8.20. The first-order valence-corrected chi connectivity index (χ1v) is 10.8. The standard InChI is InChI=1S/C24H21ClN2O2S/c1-15(2)21-6-7-22(30-21)17-10-18-11-19(29-24(18)20(25)12-17)14-27-23(28)8-5-16-4-3-9-26-13-16/h3-10,12-13,19H,1,11,14H2,2H3,(H,27,28)/b8-5+/t19-/m1/s1. The monoisotopic (exact) mass is 436 g/mol. The molecule has 152 valence electrons. The van der Waals surface area contributed by atoms with Gasteiger partial charge in [0.1, 0.15) is 11.9 Å². The molecule has 0 fully saturated rings. The lowest BCUT2D eigenvalue weighted by Gasteiger charge is -2.11. The molecule has 0 bridgehead atoms. The van der Waals surface area contributed by atoms with Crippen LogP contribution in [0.4, 0.5) is 0 Å². The molecule has 0 saturated heterocycles. The van der Waals surface area contributed by atoms with Crippen molar-refractivity contribution in [2.45, 2.75) is 19.4 Å². The number of ether oxygens (including phenoxy) is 1. The predicted molar refractivity (Wildman–Crippen MR) is 124 cm³/mol. The number of hydrogen-bond donors (Lipinski definition) is 1. The number of amides is 1. The normalized spacial score (nSPS) is 15.1. The third-order valence-electron chi connectivity index (χ3n) is 4.78. The molecule has 3 heterocycles. The molecule has 1 atom stereocenters. The molecule has 0 aliphatic carbocycles. The topological polar surface area (TPSA) is 51.2 Å². The van der Waals surface area contributed by atoms with Gasteiger partial charge in [-0.05, 0) is 60.0 Å². The Morgan fingerprint density at radius 3 is 3.00 bits per heavy atom. The van der Waals surface area contributed by atoms with Crippen molar-refractivity contribution in [3.05, 3.63) is 82.5 Å². The second-order valence-electron chi connectivity index (χ2n) is 7.20. The molecule has 1 aliphatic heterocycles. The lowest BCUT2D eigenvalue weighted by Crippen LogP contribution is -2.33. The Bertz CT molecular complexity index is 1120. The third kappa shape index (κ3) is 4.64. The zero-order valence-corrected chi connectivity index (χ0v) is 18.1. The van der Waals surface area contributed by atoms with E-state index in [0.29, 0.717) is 23.7 Å². The quantitative estimate of drug-likeness (QED) is 0.509. The number of nitrogens with one attached hydrogen (secondary N) is 1. The molecule has 0 radical (unpaired) electrons. The van der Waals surface area contributed by atoms with Crippen molar-refractivity contribution in [3.63, 3.8) is 0 Å². The number of halogens is 1. The van der Waals surface area contributed by atoms with Gasteiger partial charge in [-0.25, -0.2) is 0 Å². The van der Waals surface area contributed by atoms with Crippen molar-refractivity contribution >= 4 is 40.5 Å². The van der Waals surface area contributed by atoms with Crippen LogP contribution in [0.3, 0.4) is 0 Å². The summed E-state index contributed by atoms with van der Waals surface area (Å²) in [7, 11) is 0. The van der Waals surface area contributed by atoms with Gasteiger partial charge in [0.15, 0.2) is 0 Å². The van der Waals surface area contributed by atoms with Gasteiger partial charge < -0.3 is 10.1 Å². The van der Waals surface area contributed by atoms with E-state index in [-0.39, 0.29) is 12.0 Å². The Labute approximate surface area is 184 Å². The molecule has 1 aromatic carbocycles. The van der Waals surface area contributed by atoms with Crippen LogP contribution in [-0.4, -0.2) is 23.5 Å². The van der Waals surface area contributed by atoms with E-state index in [0.717, 1.165) is 32.0 Å². The van der Waals surface area contributed by atoms with E-state index in [1.807, 2.05) is 25.1 Å². The number of benzene rings is 1. The second kappa shape index (κ2) is 8.86. The van der Waals surface area contributed by atoms with Crippen LogP contribution in [0.15, 0.2) is 61.4 Å². The minimum absolute atomic E-state index is 0.141. The zero-order valence-electron chi connectivity index (χ0n) is 16.5. The number of carbonyl (C=O) groups excluding carboxylic acids is 1. The van der Waals surface area contributed by atoms with Crippen LogP contribution in [0.5, 0.6) is 5.75 Å². The molecule has 3 aromatic rings. The van der Waals surface area contributed by atoms with Gasteiger partial charge in [0.2, 0.25) is 5.91 Å². The highest BCUT2D eigenvalue weighted by Crippen LogP contribution is 2.41. The molecule has 4 nitrogen and oxygen atoms in total. The lowest BCUT2D eigenvalue weighted by atomic mass is 10.1. The average Bonchev–Trinajstić information content (AvgIpc) is 3.39. The summed E-state index contributed by atoms with van der Waals surface area (Å²) in [4.78, 5) is 18.4. The summed E-state index contributed by atoms with van der Waals surface area (Å²) in [6.07, 6.45) is 7.19. The number of carbonyl (C=O) groups is 1. The van der Waals surface area contributed by atoms with Gasteiger partial charge in [0.05, 0.1) is 11.6 Å². The van der Waals surface area contributed by atoms with E-state index in [1.54, 1.807) is 29.8 Å². The maximum Gasteiger partial charge on any atom is 0.244 e. The third-order valence-corrected chi connectivity index (χ3v) is 6.36. The van der Waals surface area contributed by atoms with Gasteiger partial charge >= 0.3 is 0 Å².